The highest BCUT2D eigenvalue weighted by atomic mass is 16.2. The van der Waals surface area contributed by atoms with Crippen LogP contribution in [0.3, 0.4) is 0 Å². The summed E-state index contributed by atoms with van der Waals surface area (Å²) < 4.78 is 0. The zero-order valence-electron chi connectivity index (χ0n) is 10.5. The molecule has 3 nitrogen and oxygen atoms in total. The van der Waals surface area contributed by atoms with Gasteiger partial charge >= 0.3 is 0 Å². The molecule has 1 N–H and O–H groups in total. The van der Waals surface area contributed by atoms with Gasteiger partial charge in [0.25, 0.3) is 0 Å². The first-order chi connectivity index (χ1) is 7.22. The summed E-state index contributed by atoms with van der Waals surface area (Å²) >= 11 is 0. The molecule has 1 amide bonds. The van der Waals surface area contributed by atoms with Crippen LogP contribution in [0.25, 0.3) is 0 Å². The van der Waals surface area contributed by atoms with E-state index in [0.717, 1.165) is 32.4 Å². The van der Waals surface area contributed by atoms with E-state index in [9.17, 15) is 4.79 Å². The lowest BCUT2D eigenvalue weighted by Gasteiger charge is -2.16. The molecule has 0 fully saturated rings. The molecule has 0 aromatic heterocycles. The molecule has 0 spiro atoms. The highest BCUT2D eigenvalue weighted by Gasteiger charge is 2.06. The van der Waals surface area contributed by atoms with Crippen molar-refractivity contribution in [3.63, 3.8) is 0 Å². The number of hydrogen-bond acceptors (Lipinski definition) is 2. The predicted octanol–water partition coefficient (Wildman–Crippen LogP) is 2.02. The van der Waals surface area contributed by atoms with Crippen molar-refractivity contribution in [2.75, 3.05) is 27.2 Å². The van der Waals surface area contributed by atoms with Crippen LogP contribution >= 0.6 is 0 Å². The maximum Gasteiger partial charge on any atom is 0.222 e. The number of rotatable bonds is 9. The first-order valence-electron chi connectivity index (χ1n) is 6.11. The van der Waals surface area contributed by atoms with Crippen LogP contribution < -0.4 is 5.32 Å². The molecule has 0 atom stereocenters. The topological polar surface area (TPSA) is 32.3 Å². The Bertz CT molecular complexity index is 160. The van der Waals surface area contributed by atoms with E-state index in [2.05, 4.69) is 12.2 Å². The molecule has 0 saturated heterocycles. The van der Waals surface area contributed by atoms with Crippen molar-refractivity contribution >= 4 is 5.91 Å². The van der Waals surface area contributed by atoms with Gasteiger partial charge in [0.15, 0.2) is 0 Å². The first-order valence-corrected chi connectivity index (χ1v) is 6.11. The minimum Gasteiger partial charge on any atom is -0.346 e. The number of nitrogens with zero attached hydrogens (tertiary/aromatic N) is 1. The summed E-state index contributed by atoms with van der Waals surface area (Å²) in [4.78, 5) is 13.5. The van der Waals surface area contributed by atoms with Crippen LogP contribution in [-0.2, 0) is 4.79 Å². The van der Waals surface area contributed by atoms with Gasteiger partial charge in [0, 0.05) is 20.0 Å². The number of carbonyl (C=O) groups excluding carboxylic acids is 1. The van der Waals surface area contributed by atoms with Crippen molar-refractivity contribution in [1.82, 2.24) is 10.2 Å². The van der Waals surface area contributed by atoms with E-state index in [-0.39, 0.29) is 0 Å². The average Bonchev–Trinajstić information content (AvgIpc) is 2.24. The van der Waals surface area contributed by atoms with Crippen molar-refractivity contribution in [3.8, 4) is 0 Å². The Labute approximate surface area is 94.2 Å². The van der Waals surface area contributed by atoms with Crippen molar-refractivity contribution < 1.29 is 4.79 Å². The lowest BCUT2D eigenvalue weighted by molar-refractivity contribution is -0.130. The molecule has 0 aliphatic rings. The monoisotopic (exact) mass is 214 g/mol. The number of amides is 1. The Hall–Kier alpha value is -0.570. The van der Waals surface area contributed by atoms with Crippen molar-refractivity contribution in [3.05, 3.63) is 0 Å². The summed E-state index contributed by atoms with van der Waals surface area (Å²) in [5.41, 5.74) is 0. The SMILES string of the molecule is CCCCCCC(=O)N(C)CCCNC. The molecule has 0 bridgehead atoms. The van der Waals surface area contributed by atoms with Crippen molar-refractivity contribution in [2.24, 2.45) is 0 Å². The fourth-order valence-corrected chi connectivity index (χ4v) is 1.51. The normalized spacial score (nSPS) is 10.3. The van der Waals surface area contributed by atoms with E-state index in [1.807, 2.05) is 19.0 Å². The number of hydrogen-bond donors (Lipinski definition) is 1. The molecule has 0 aromatic carbocycles. The molecule has 15 heavy (non-hydrogen) atoms. The van der Waals surface area contributed by atoms with Crippen molar-refractivity contribution in [1.29, 1.82) is 0 Å². The van der Waals surface area contributed by atoms with Crippen LogP contribution in [0.2, 0.25) is 0 Å². The van der Waals surface area contributed by atoms with E-state index in [0.29, 0.717) is 5.91 Å². The molecule has 0 aliphatic heterocycles. The minimum absolute atomic E-state index is 0.294. The summed E-state index contributed by atoms with van der Waals surface area (Å²) in [7, 11) is 3.84. The average molecular weight is 214 g/mol. The standard InChI is InChI=1S/C12H26N2O/c1-4-5-6-7-9-12(15)14(3)11-8-10-13-2/h13H,4-11H2,1-3H3. The van der Waals surface area contributed by atoms with Gasteiger partial charge in [-0.1, -0.05) is 26.2 Å². The third-order valence-corrected chi connectivity index (χ3v) is 2.59. The molecular formula is C12H26N2O. The summed E-state index contributed by atoms with van der Waals surface area (Å²) in [6, 6.07) is 0. The summed E-state index contributed by atoms with van der Waals surface area (Å²) in [6.45, 7) is 4.03. The van der Waals surface area contributed by atoms with Gasteiger partial charge in [-0.05, 0) is 26.4 Å². The molecule has 3 heteroatoms. The van der Waals surface area contributed by atoms with Crippen LogP contribution in [-0.4, -0.2) is 38.0 Å². The highest BCUT2D eigenvalue weighted by Crippen LogP contribution is 2.04. The summed E-state index contributed by atoms with van der Waals surface area (Å²) in [5.74, 6) is 0.294. The molecule has 0 rings (SSSR count). The van der Waals surface area contributed by atoms with Gasteiger partial charge in [-0.25, -0.2) is 0 Å². The minimum atomic E-state index is 0.294. The molecule has 0 aromatic rings. The lowest BCUT2D eigenvalue weighted by Crippen LogP contribution is -2.29. The second kappa shape index (κ2) is 9.97. The zero-order valence-corrected chi connectivity index (χ0v) is 10.5. The first kappa shape index (κ1) is 14.4. The Kier molecular flexibility index (Phi) is 9.59. The predicted molar refractivity (Wildman–Crippen MR) is 64.9 cm³/mol. The number of nitrogens with one attached hydrogen (secondary N) is 1. The molecular weight excluding hydrogens is 188 g/mol. The largest absolute Gasteiger partial charge is 0.346 e. The van der Waals surface area contributed by atoms with E-state index < -0.39 is 0 Å². The van der Waals surface area contributed by atoms with Gasteiger partial charge in [-0.15, -0.1) is 0 Å². The van der Waals surface area contributed by atoms with E-state index in [1.54, 1.807) is 0 Å². The van der Waals surface area contributed by atoms with Crippen LogP contribution in [0, 0.1) is 0 Å². The molecule has 0 heterocycles. The third kappa shape index (κ3) is 8.43. The van der Waals surface area contributed by atoms with Crippen LogP contribution in [0.4, 0.5) is 0 Å². The van der Waals surface area contributed by atoms with E-state index >= 15 is 0 Å². The Morgan fingerprint density at radius 2 is 1.93 bits per heavy atom. The van der Waals surface area contributed by atoms with Crippen LogP contribution in [0.15, 0.2) is 0 Å². The second-order valence-electron chi connectivity index (χ2n) is 4.08. The highest BCUT2D eigenvalue weighted by molar-refractivity contribution is 5.75. The maximum absolute atomic E-state index is 11.6. The zero-order chi connectivity index (χ0) is 11.5. The van der Waals surface area contributed by atoms with Gasteiger partial charge in [0.1, 0.15) is 0 Å². The van der Waals surface area contributed by atoms with Crippen LogP contribution in [0.5, 0.6) is 0 Å². The van der Waals surface area contributed by atoms with Gasteiger partial charge < -0.3 is 10.2 Å². The number of unbranched alkanes of at least 4 members (excludes halogenated alkanes) is 3. The van der Waals surface area contributed by atoms with Crippen molar-refractivity contribution in [2.45, 2.75) is 45.4 Å². The molecule has 0 radical (unpaired) electrons. The molecule has 90 valence electrons. The fraction of sp³-hybridized carbons (Fsp3) is 0.917. The van der Waals surface area contributed by atoms with E-state index in [1.165, 1.54) is 19.3 Å². The smallest absolute Gasteiger partial charge is 0.222 e. The number of carbonyl (C=O) groups is 1. The van der Waals surface area contributed by atoms with Gasteiger partial charge in [0.2, 0.25) is 5.91 Å². The molecule has 0 saturated carbocycles. The molecule has 0 aliphatic carbocycles. The Morgan fingerprint density at radius 1 is 1.20 bits per heavy atom. The maximum atomic E-state index is 11.6. The molecule has 0 unspecified atom stereocenters. The van der Waals surface area contributed by atoms with Gasteiger partial charge in [-0.2, -0.15) is 0 Å². The lowest BCUT2D eigenvalue weighted by atomic mass is 10.1. The van der Waals surface area contributed by atoms with Gasteiger partial charge in [0.05, 0.1) is 0 Å². The summed E-state index contributed by atoms with van der Waals surface area (Å²) in [5, 5.41) is 3.08. The Balaban J connectivity index is 3.42. The fourth-order valence-electron chi connectivity index (χ4n) is 1.51. The van der Waals surface area contributed by atoms with Gasteiger partial charge in [-0.3, -0.25) is 4.79 Å². The second-order valence-corrected chi connectivity index (χ2v) is 4.08. The third-order valence-electron chi connectivity index (χ3n) is 2.59. The van der Waals surface area contributed by atoms with Crippen LogP contribution in [0.1, 0.15) is 45.4 Å². The quantitative estimate of drug-likeness (QED) is 0.596. The summed E-state index contributed by atoms with van der Waals surface area (Å²) in [6.07, 6.45) is 6.46. The Morgan fingerprint density at radius 3 is 2.53 bits per heavy atom. The van der Waals surface area contributed by atoms with E-state index in [4.69, 9.17) is 0 Å².